The van der Waals surface area contributed by atoms with E-state index in [2.05, 4.69) is 56.9 Å². The Morgan fingerprint density at radius 1 is 1.35 bits per heavy atom. The fourth-order valence-corrected chi connectivity index (χ4v) is 3.86. The van der Waals surface area contributed by atoms with Crippen molar-refractivity contribution in [2.45, 2.75) is 45.7 Å². The predicted octanol–water partition coefficient (Wildman–Crippen LogP) is 4.28. The Morgan fingerprint density at radius 2 is 2.12 bits per heavy atom. The molecule has 0 saturated carbocycles. The van der Waals surface area contributed by atoms with Gasteiger partial charge in [0.15, 0.2) is 0 Å². The van der Waals surface area contributed by atoms with Crippen LogP contribution in [0.5, 0.6) is 0 Å². The van der Waals surface area contributed by atoms with Crippen molar-refractivity contribution in [3.63, 3.8) is 0 Å². The molecule has 0 heterocycles. The van der Waals surface area contributed by atoms with Gasteiger partial charge in [0.25, 0.3) is 0 Å². The normalized spacial score (nSPS) is 15.2. The van der Waals surface area contributed by atoms with Crippen molar-refractivity contribution in [1.29, 1.82) is 0 Å². The molecule has 0 nitrogen and oxygen atoms in total. The smallest absolute Gasteiger partial charge is 0.000722 e. The highest BCUT2D eigenvalue weighted by Crippen LogP contribution is 2.32. The van der Waals surface area contributed by atoms with E-state index in [0.717, 1.165) is 0 Å². The Bertz CT molecular complexity index is 476. The lowest BCUT2D eigenvalue weighted by molar-refractivity contribution is 1.02. The number of hydrogen-bond acceptors (Lipinski definition) is 0. The molecular formula is C16H22Si. The summed E-state index contributed by atoms with van der Waals surface area (Å²) in [5, 5.41) is 0. The van der Waals surface area contributed by atoms with Gasteiger partial charge in [-0.25, -0.2) is 0 Å². The van der Waals surface area contributed by atoms with Gasteiger partial charge in [0.05, 0.1) is 0 Å². The summed E-state index contributed by atoms with van der Waals surface area (Å²) in [7, 11) is -0.262. The SMILES string of the molecule is CCC1=Cc2c(cccc2C(C)C=[Si](C)C)C1. The molecule has 0 aromatic heterocycles. The molecule has 0 amide bonds. The van der Waals surface area contributed by atoms with Gasteiger partial charge >= 0.3 is 0 Å². The molecule has 90 valence electrons. The fourth-order valence-electron chi connectivity index (χ4n) is 2.68. The summed E-state index contributed by atoms with van der Waals surface area (Å²) in [6.45, 7) is 9.31. The van der Waals surface area contributed by atoms with Crippen LogP contribution in [0.4, 0.5) is 0 Å². The Kier molecular flexibility index (Phi) is 3.78. The molecule has 0 fully saturated rings. The highest BCUT2D eigenvalue weighted by molar-refractivity contribution is 6.64. The Labute approximate surface area is 107 Å². The molecule has 0 aliphatic heterocycles. The zero-order chi connectivity index (χ0) is 12.4. The van der Waals surface area contributed by atoms with Gasteiger partial charge in [0.1, 0.15) is 0 Å². The minimum absolute atomic E-state index is 0.262. The summed E-state index contributed by atoms with van der Waals surface area (Å²) in [4.78, 5) is 0. The number of allylic oxidation sites excluding steroid dienone is 1. The average molecular weight is 242 g/mol. The lowest BCUT2D eigenvalue weighted by atomic mass is 9.95. The molecule has 0 spiro atoms. The van der Waals surface area contributed by atoms with Gasteiger partial charge in [-0.3, -0.25) is 0 Å². The molecule has 1 aliphatic rings. The second kappa shape index (κ2) is 5.13. The second-order valence-corrected chi connectivity index (χ2v) is 7.77. The predicted molar refractivity (Wildman–Crippen MR) is 80.4 cm³/mol. The van der Waals surface area contributed by atoms with Gasteiger partial charge < -0.3 is 0 Å². The van der Waals surface area contributed by atoms with E-state index in [0.29, 0.717) is 5.92 Å². The zero-order valence-electron chi connectivity index (χ0n) is 11.4. The van der Waals surface area contributed by atoms with Crippen molar-refractivity contribution in [1.82, 2.24) is 0 Å². The summed E-state index contributed by atoms with van der Waals surface area (Å²) in [5.41, 5.74) is 8.69. The molecule has 0 saturated heterocycles. The average Bonchev–Trinajstić information content (AvgIpc) is 2.70. The second-order valence-electron chi connectivity index (χ2n) is 5.29. The number of benzene rings is 1. The lowest BCUT2D eigenvalue weighted by Gasteiger charge is -2.12. The summed E-state index contributed by atoms with van der Waals surface area (Å²) >= 11 is 0. The third-order valence-corrected chi connectivity index (χ3v) is 4.69. The maximum Gasteiger partial charge on any atom is -0.000722 e. The van der Waals surface area contributed by atoms with Crippen LogP contribution in [0.3, 0.4) is 0 Å². The van der Waals surface area contributed by atoms with Gasteiger partial charge in [-0.05, 0) is 43.9 Å². The van der Waals surface area contributed by atoms with Crippen LogP contribution < -0.4 is 0 Å². The Balaban J connectivity index is 2.41. The zero-order valence-corrected chi connectivity index (χ0v) is 12.4. The molecule has 1 aromatic carbocycles. The largest absolute Gasteiger partial charge is 0.0969 e. The summed E-state index contributed by atoms with van der Waals surface area (Å²) < 4.78 is 0. The van der Waals surface area contributed by atoms with Crippen LogP contribution in [0, 0.1) is 0 Å². The molecule has 17 heavy (non-hydrogen) atoms. The van der Waals surface area contributed by atoms with Crippen LogP contribution in [0.1, 0.15) is 42.9 Å². The fraction of sp³-hybridized carbons (Fsp3) is 0.438. The van der Waals surface area contributed by atoms with E-state index in [-0.39, 0.29) is 8.41 Å². The van der Waals surface area contributed by atoms with Crippen LogP contribution in [0.15, 0.2) is 23.8 Å². The summed E-state index contributed by atoms with van der Waals surface area (Å²) in [6.07, 6.45) is 4.78. The molecular weight excluding hydrogens is 220 g/mol. The van der Waals surface area contributed by atoms with Crippen molar-refractivity contribution in [2.24, 2.45) is 0 Å². The molecule has 2 rings (SSSR count). The number of rotatable bonds is 3. The molecule has 1 heteroatoms. The first-order valence-electron chi connectivity index (χ1n) is 6.58. The number of fused-ring (bicyclic) bond motifs is 1. The van der Waals surface area contributed by atoms with Crippen molar-refractivity contribution in [2.75, 3.05) is 0 Å². The van der Waals surface area contributed by atoms with Crippen molar-refractivity contribution in [3.8, 4) is 0 Å². The molecule has 1 aliphatic carbocycles. The van der Waals surface area contributed by atoms with Gasteiger partial charge in [0, 0.05) is 0 Å². The molecule has 0 radical (unpaired) electrons. The lowest BCUT2D eigenvalue weighted by Crippen LogP contribution is -2.04. The minimum Gasteiger partial charge on any atom is -0.0969 e. The van der Waals surface area contributed by atoms with Crippen LogP contribution >= 0.6 is 0 Å². The highest BCUT2D eigenvalue weighted by atomic mass is 28.2. The maximum absolute atomic E-state index is 2.54. The molecule has 1 atom stereocenters. The van der Waals surface area contributed by atoms with Gasteiger partial charge in [-0.1, -0.05) is 62.5 Å². The summed E-state index contributed by atoms with van der Waals surface area (Å²) in [6, 6.07) is 6.82. The van der Waals surface area contributed by atoms with Gasteiger partial charge in [-0.2, -0.15) is 0 Å². The van der Waals surface area contributed by atoms with Gasteiger partial charge in [0.2, 0.25) is 0 Å². The van der Waals surface area contributed by atoms with E-state index in [1.54, 1.807) is 5.57 Å². The van der Waals surface area contributed by atoms with Crippen LogP contribution in [-0.4, -0.2) is 14.1 Å². The first-order valence-corrected chi connectivity index (χ1v) is 9.15. The molecule has 1 aromatic rings. The Morgan fingerprint density at radius 3 is 2.76 bits per heavy atom. The molecule has 1 unspecified atom stereocenters. The van der Waals surface area contributed by atoms with E-state index in [9.17, 15) is 0 Å². The third kappa shape index (κ3) is 2.66. The molecule has 0 bridgehead atoms. The van der Waals surface area contributed by atoms with Crippen molar-refractivity contribution >= 4 is 20.2 Å². The van der Waals surface area contributed by atoms with E-state index < -0.39 is 0 Å². The maximum atomic E-state index is 2.54. The highest BCUT2D eigenvalue weighted by Gasteiger charge is 2.16. The van der Waals surface area contributed by atoms with E-state index in [4.69, 9.17) is 0 Å². The van der Waals surface area contributed by atoms with Crippen LogP contribution in [0.2, 0.25) is 13.1 Å². The Hall–Kier alpha value is -0.953. The summed E-state index contributed by atoms with van der Waals surface area (Å²) in [5.74, 6) is 0.598. The minimum atomic E-state index is -0.262. The third-order valence-electron chi connectivity index (χ3n) is 3.52. The van der Waals surface area contributed by atoms with Crippen LogP contribution in [-0.2, 0) is 6.42 Å². The first-order chi connectivity index (χ1) is 8.11. The number of hydrogen-bond donors (Lipinski definition) is 0. The van der Waals surface area contributed by atoms with Crippen molar-refractivity contribution < 1.29 is 0 Å². The van der Waals surface area contributed by atoms with E-state index >= 15 is 0 Å². The van der Waals surface area contributed by atoms with E-state index in [1.807, 2.05) is 0 Å². The monoisotopic (exact) mass is 242 g/mol. The first kappa shape index (κ1) is 12.5. The molecule has 0 N–H and O–H groups in total. The van der Waals surface area contributed by atoms with Crippen molar-refractivity contribution in [3.05, 3.63) is 40.5 Å². The standard InChI is InChI=1S/C16H22Si/c1-5-13-9-14-7-6-8-15(16(14)10-13)12(2)11-17(3)4/h6-8,10-12H,5,9H2,1-4H3. The van der Waals surface area contributed by atoms with Gasteiger partial charge in [-0.15, -0.1) is 0 Å². The quantitative estimate of drug-likeness (QED) is 0.694. The topological polar surface area (TPSA) is 0 Å². The van der Waals surface area contributed by atoms with E-state index in [1.165, 1.54) is 29.5 Å². The van der Waals surface area contributed by atoms with Crippen LogP contribution in [0.25, 0.3) is 6.08 Å².